The lowest BCUT2D eigenvalue weighted by Crippen LogP contribution is -2.44. The fourth-order valence-corrected chi connectivity index (χ4v) is 2.09. The van der Waals surface area contributed by atoms with Gasteiger partial charge in [0.2, 0.25) is 0 Å². The van der Waals surface area contributed by atoms with Crippen molar-refractivity contribution in [1.29, 1.82) is 0 Å². The van der Waals surface area contributed by atoms with E-state index >= 15 is 0 Å². The first kappa shape index (κ1) is 17.0. The zero-order valence-corrected chi connectivity index (χ0v) is 12.4. The molecular formula is C15H20O6. The second kappa shape index (κ2) is 7.64. The highest BCUT2D eigenvalue weighted by Gasteiger charge is 2.36. The van der Waals surface area contributed by atoms with Gasteiger partial charge in [0, 0.05) is 18.4 Å². The van der Waals surface area contributed by atoms with Gasteiger partial charge in [0.15, 0.2) is 0 Å². The summed E-state index contributed by atoms with van der Waals surface area (Å²) < 4.78 is 15.2. The first-order valence-electron chi connectivity index (χ1n) is 6.46. The molecule has 0 amide bonds. The third kappa shape index (κ3) is 4.19. The van der Waals surface area contributed by atoms with E-state index in [0.717, 1.165) is 0 Å². The number of carbonyl (C=O) groups is 2. The van der Waals surface area contributed by atoms with Crippen LogP contribution in [0.3, 0.4) is 0 Å². The molecule has 0 fully saturated rings. The molecule has 0 radical (unpaired) electrons. The summed E-state index contributed by atoms with van der Waals surface area (Å²) in [6, 6.07) is 5.15. The molecule has 21 heavy (non-hydrogen) atoms. The Bertz CT molecular complexity index is 487. The van der Waals surface area contributed by atoms with Crippen LogP contribution in [-0.2, 0) is 20.7 Å². The molecule has 0 aliphatic carbocycles. The van der Waals surface area contributed by atoms with Gasteiger partial charge in [-0.3, -0.25) is 4.79 Å². The molecule has 0 heterocycles. The standard InChI is InChI=1S/C15H20O6/c1-11(21-10-17)15(18,6-7-16)9-12-8-13(19-2)4-5-14(12)20-3/h4-5,7-8,10-11,18H,6,9H2,1-3H3/t11-,15+/m0/s1. The smallest absolute Gasteiger partial charge is 0.293 e. The van der Waals surface area contributed by atoms with E-state index in [-0.39, 0.29) is 19.3 Å². The van der Waals surface area contributed by atoms with E-state index in [1.165, 1.54) is 21.1 Å². The van der Waals surface area contributed by atoms with Crippen molar-refractivity contribution in [1.82, 2.24) is 0 Å². The maximum absolute atomic E-state index is 10.8. The second-order valence-electron chi connectivity index (χ2n) is 4.70. The van der Waals surface area contributed by atoms with Crippen LogP contribution in [0.2, 0.25) is 0 Å². The molecule has 0 aliphatic heterocycles. The monoisotopic (exact) mass is 296 g/mol. The number of aliphatic hydroxyl groups is 1. The number of hydrogen-bond acceptors (Lipinski definition) is 6. The van der Waals surface area contributed by atoms with Crippen LogP contribution in [0.1, 0.15) is 18.9 Å². The molecule has 0 saturated carbocycles. The van der Waals surface area contributed by atoms with Gasteiger partial charge < -0.3 is 24.1 Å². The van der Waals surface area contributed by atoms with Crippen molar-refractivity contribution >= 4 is 12.8 Å². The minimum atomic E-state index is -1.51. The van der Waals surface area contributed by atoms with E-state index in [9.17, 15) is 14.7 Å². The fourth-order valence-electron chi connectivity index (χ4n) is 2.09. The van der Waals surface area contributed by atoms with E-state index in [1.807, 2.05) is 0 Å². The quantitative estimate of drug-likeness (QED) is 0.688. The summed E-state index contributed by atoms with van der Waals surface area (Å²) in [5.41, 5.74) is -0.856. The van der Waals surface area contributed by atoms with Gasteiger partial charge in [0.25, 0.3) is 6.47 Å². The zero-order chi connectivity index (χ0) is 15.9. The SMILES string of the molecule is COc1ccc(OC)c(C[C@](O)(CC=O)[C@H](C)OC=O)c1. The Morgan fingerprint density at radius 1 is 1.29 bits per heavy atom. The predicted octanol–water partition coefficient (Wildman–Crippen LogP) is 1.13. The first-order chi connectivity index (χ1) is 10.0. The van der Waals surface area contributed by atoms with Crippen molar-refractivity contribution in [2.75, 3.05) is 14.2 Å². The number of ether oxygens (including phenoxy) is 3. The fraction of sp³-hybridized carbons (Fsp3) is 0.467. The summed E-state index contributed by atoms with van der Waals surface area (Å²) in [5, 5.41) is 10.6. The first-order valence-corrected chi connectivity index (χ1v) is 6.46. The molecule has 0 aromatic heterocycles. The summed E-state index contributed by atoms with van der Waals surface area (Å²) in [5.74, 6) is 1.15. The Morgan fingerprint density at radius 2 is 2.00 bits per heavy atom. The van der Waals surface area contributed by atoms with Crippen molar-refractivity contribution in [3.05, 3.63) is 23.8 Å². The molecule has 1 N–H and O–H groups in total. The van der Waals surface area contributed by atoms with Gasteiger partial charge in [0.1, 0.15) is 29.5 Å². The van der Waals surface area contributed by atoms with Crippen LogP contribution in [0.15, 0.2) is 18.2 Å². The zero-order valence-electron chi connectivity index (χ0n) is 12.4. The Morgan fingerprint density at radius 3 is 2.52 bits per heavy atom. The molecule has 0 aliphatic rings. The van der Waals surface area contributed by atoms with Gasteiger partial charge in [0.05, 0.1) is 14.2 Å². The summed E-state index contributed by atoms with van der Waals surface area (Å²) in [4.78, 5) is 21.3. The minimum absolute atomic E-state index is 0.0844. The molecule has 2 atom stereocenters. The molecule has 1 aromatic rings. The van der Waals surface area contributed by atoms with Crippen LogP contribution in [0.5, 0.6) is 11.5 Å². The summed E-state index contributed by atoms with van der Waals surface area (Å²) >= 11 is 0. The van der Waals surface area contributed by atoms with Crippen LogP contribution in [0.4, 0.5) is 0 Å². The Balaban J connectivity index is 3.12. The highest BCUT2D eigenvalue weighted by molar-refractivity contribution is 5.53. The number of aldehydes is 1. The minimum Gasteiger partial charge on any atom is -0.497 e. The maximum atomic E-state index is 10.8. The van der Waals surface area contributed by atoms with Crippen molar-refractivity contribution in [2.24, 2.45) is 0 Å². The van der Waals surface area contributed by atoms with E-state index in [2.05, 4.69) is 0 Å². The van der Waals surface area contributed by atoms with Crippen LogP contribution in [0, 0.1) is 0 Å². The Hall–Kier alpha value is -2.08. The predicted molar refractivity (Wildman–Crippen MR) is 75.5 cm³/mol. The molecule has 6 heteroatoms. The van der Waals surface area contributed by atoms with Gasteiger partial charge in [-0.1, -0.05) is 0 Å². The van der Waals surface area contributed by atoms with Gasteiger partial charge >= 0.3 is 0 Å². The number of methoxy groups -OCH3 is 2. The Kier molecular flexibility index (Phi) is 6.17. The van der Waals surface area contributed by atoms with Gasteiger partial charge in [-0.15, -0.1) is 0 Å². The molecule has 0 saturated heterocycles. The van der Waals surface area contributed by atoms with Crippen molar-refractivity contribution in [2.45, 2.75) is 31.5 Å². The maximum Gasteiger partial charge on any atom is 0.293 e. The summed E-state index contributed by atoms with van der Waals surface area (Å²) in [7, 11) is 3.04. The third-order valence-corrected chi connectivity index (χ3v) is 3.44. The largest absolute Gasteiger partial charge is 0.497 e. The molecule has 6 nitrogen and oxygen atoms in total. The van der Waals surface area contributed by atoms with Crippen molar-refractivity contribution in [3.8, 4) is 11.5 Å². The molecule has 0 unspecified atom stereocenters. The lowest BCUT2D eigenvalue weighted by atomic mass is 9.86. The number of rotatable bonds is 9. The topological polar surface area (TPSA) is 82.1 Å². The molecule has 1 aromatic carbocycles. The van der Waals surface area contributed by atoms with Gasteiger partial charge in [-0.05, 0) is 25.1 Å². The van der Waals surface area contributed by atoms with Crippen LogP contribution in [-0.4, -0.2) is 43.8 Å². The van der Waals surface area contributed by atoms with Gasteiger partial charge in [-0.2, -0.15) is 0 Å². The highest BCUT2D eigenvalue weighted by Crippen LogP contribution is 2.30. The van der Waals surface area contributed by atoms with E-state index in [0.29, 0.717) is 23.3 Å². The van der Waals surface area contributed by atoms with Crippen molar-refractivity contribution < 1.29 is 28.9 Å². The molecular weight excluding hydrogens is 276 g/mol. The number of hydrogen-bond donors (Lipinski definition) is 1. The van der Waals surface area contributed by atoms with Crippen LogP contribution in [0.25, 0.3) is 0 Å². The summed E-state index contributed by atoms with van der Waals surface area (Å²) in [6.45, 7) is 1.79. The lowest BCUT2D eigenvalue weighted by Gasteiger charge is -2.31. The normalized spacial score (nSPS) is 14.7. The number of carbonyl (C=O) groups excluding carboxylic acids is 2. The molecule has 116 valence electrons. The lowest BCUT2D eigenvalue weighted by molar-refractivity contribution is -0.150. The van der Waals surface area contributed by atoms with Gasteiger partial charge in [-0.25, -0.2) is 0 Å². The highest BCUT2D eigenvalue weighted by atomic mass is 16.5. The van der Waals surface area contributed by atoms with E-state index < -0.39 is 11.7 Å². The second-order valence-corrected chi connectivity index (χ2v) is 4.70. The van der Waals surface area contributed by atoms with Crippen molar-refractivity contribution in [3.63, 3.8) is 0 Å². The Labute approximate surface area is 123 Å². The van der Waals surface area contributed by atoms with E-state index in [1.54, 1.807) is 18.2 Å². The third-order valence-electron chi connectivity index (χ3n) is 3.44. The van der Waals surface area contributed by atoms with Crippen LogP contribution >= 0.6 is 0 Å². The molecule has 0 bridgehead atoms. The molecule has 1 rings (SSSR count). The van der Waals surface area contributed by atoms with Crippen LogP contribution < -0.4 is 9.47 Å². The molecule has 0 spiro atoms. The van der Waals surface area contributed by atoms with E-state index in [4.69, 9.17) is 14.2 Å². The average Bonchev–Trinajstić information content (AvgIpc) is 2.47. The summed E-state index contributed by atoms with van der Waals surface area (Å²) in [6.07, 6.45) is -0.322. The average molecular weight is 296 g/mol. The number of benzene rings is 1.